The van der Waals surface area contributed by atoms with E-state index in [1.807, 2.05) is 36.4 Å². The molecule has 0 heterocycles. The van der Waals surface area contributed by atoms with Gasteiger partial charge in [0.25, 0.3) is 5.91 Å². The van der Waals surface area contributed by atoms with E-state index in [0.717, 1.165) is 30.5 Å². The summed E-state index contributed by atoms with van der Waals surface area (Å²) < 4.78 is 5.21. The monoisotopic (exact) mass is 310 g/mol. The lowest BCUT2D eigenvalue weighted by Crippen LogP contribution is -2.20. The van der Waals surface area contributed by atoms with E-state index in [4.69, 9.17) is 4.74 Å². The van der Waals surface area contributed by atoms with Crippen molar-refractivity contribution in [1.29, 1.82) is 0 Å². The molecule has 0 aliphatic carbocycles. The lowest BCUT2D eigenvalue weighted by Gasteiger charge is -2.09. The zero-order valence-corrected chi connectivity index (χ0v) is 13.6. The molecule has 0 aromatic heterocycles. The van der Waals surface area contributed by atoms with Crippen LogP contribution >= 0.6 is 0 Å². The summed E-state index contributed by atoms with van der Waals surface area (Å²) in [5.74, 6) is 0.266. The van der Waals surface area contributed by atoms with Crippen molar-refractivity contribution in [2.45, 2.75) is 26.2 Å². The molecule has 0 atom stereocenters. The number of hydrogen-bond donors (Lipinski definition) is 1. The molecule has 0 saturated heterocycles. The fourth-order valence-corrected chi connectivity index (χ4v) is 2.25. The first-order chi connectivity index (χ1) is 11.3. The van der Waals surface area contributed by atoms with Crippen LogP contribution in [0.1, 0.15) is 42.1 Å². The van der Waals surface area contributed by atoms with Gasteiger partial charge >= 0.3 is 0 Å². The largest absolute Gasteiger partial charge is 0.496 e. The number of methoxy groups -OCH3 is 1. The van der Waals surface area contributed by atoms with Gasteiger partial charge in [-0.15, -0.1) is 0 Å². The van der Waals surface area contributed by atoms with Gasteiger partial charge in [-0.3, -0.25) is 4.79 Å². The smallest absolute Gasteiger partial charge is 0.275 e. The minimum Gasteiger partial charge on any atom is -0.496 e. The van der Waals surface area contributed by atoms with Crippen LogP contribution < -0.4 is 10.2 Å². The topological polar surface area (TPSA) is 50.7 Å². The fourth-order valence-electron chi connectivity index (χ4n) is 2.25. The highest BCUT2D eigenvalue weighted by atomic mass is 16.5. The predicted molar refractivity (Wildman–Crippen MR) is 93.0 cm³/mol. The summed E-state index contributed by atoms with van der Waals surface area (Å²) in [6, 6.07) is 17.0. The highest BCUT2D eigenvalue weighted by Crippen LogP contribution is 2.17. The summed E-state index contributed by atoms with van der Waals surface area (Å²) in [6.07, 6.45) is 2.93. The summed E-state index contributed by atoms with van der Waals surface area (Å²) in [5, 5.41) is 4.34. The van der Waals surface area contributed by atoms with E-state index in [1.54, 1.807) is 25.3 Å². The summed E-state index contributed by atoms with van der Waals surface area (Å²) in [5.41, 5.74) is 5.04. The Labute approximate surface area is 137 Å². The van der Waals surface area contributed by atoms with E-state index < -0.39 is 0 Å². The van der Waals surface area contributed by atoms with Gasteiger partial charge in [0.05, 0.1) is 18.4 Å². The Morgan fingerprint density at radius 3 is 2.48 bits per heavy atom. The number of nitrogens with one attached hydrogen (secondary N) is 1. The molecule has 0 unspecified atom stereocenters. The lowest BCUT2D eigenvalue weighted by molar-refractivity contribution is 0.0951. The molecule has 1 N–H and O–H groups in total. The maximum absolute atomic E-state index is 12.3. The van der Waals surface area contributed by atoms with Crippen LogP contribution in [0.4, 0.5) is 0 Å². The summed E-state index contributed by atoms with van der Waals surface area (Å²) in [7, 11) is 1.55. The molecule has 2 aromatic rings. The van der Waals surface area contributed by atoms with E-state index in [0.29, 0.717) is 11.3 Å². The molecule has 0 aliphatic heterocycles. The van der Waals surface area contributed by atoms with Gasteiger partial charge in [0, 0.05) is 0 Å². The van der Waals surface area contributed by atoms with Gasteiger partial charge in [-0.2, -0.15) is 5.10 Å². The maximum Gasteiger partial charge on any atom is 0.275 e. The zero-order valence-electron chi connectivity index (χ0n) is 13.6. The number of hydrazone groups is 1. The molecule has 0 aliphatic rings. The van der Waals surface area contributed by atoms with E-state index >= 15 is 0 Å². The van der Waals surface area contributed by atoms with Crippen molar-refractivity contribution < 1.29 is 9.53 Å². The van der Waals surface area contributed by atoms with Crippen LogP contribution in [0.15, 0.2) is 59.7 Å². The molecule has 0 radical (unpaired) electrons. The van der Waals surface area contributed by atoms with Crippen molar-refractivity contribution in [1.82, 2.24) is 5.43 Å². The molecule has 4 nitrogen and oxygen atoms in total. The van der Waals surface area contributed by atoms with E-state index in [2.05, 4.69) is 17.5 Å². The molecule has 0 bridgehead atoms. The van der Waals surface area contributed by atoms with Gasteiger partial charge in [-0.05, 0) is 30.5 Å². The normalized spacial score (nSPS) is 11.1. The Morgan fingerprint density at radius 1 is 1.09 bits per heavy atom. The average Bonchev–Trinajstić information content (AvgIpc) is 2.62. The number of amides is 1. The molecule has 23 heavy (non-hydrogen) atoms. The SMILES string of the molecule is CCCC/C(=N\NC(=O)c1ccccc1OC)c1ccccc1. The van der Waals surface area contributed by atoms with Crippen LogP contribution in [0, 0.1) is 0 Å². The number of unbranched alkanes of at least 4 members (excludes halogenated alkanes) is 1. The first kappa shape index (κ1) is 16.7. The third-order valence-electron chi connectivity index (χ3n) is 3.52. The van der Waals surface area contributed by atoms with Crippen LogP contribution in [-0.4, -0.2) is 18.7 Å². The Balaban J connectivity index is 2.18. The number of benzene rings is 2. The van der Waals surface area contributed by atoms with Crippen molar-refractivity contribution in [2.75, 3.05) is 7.11 Å². The molecule has 0 fully saturated rings. The first-order valence-electron chi connectivity index (χ1n) is 7.81. The molecule has 2 aromatic carbocycles. The number of rotatable bonds is 7. The standard InChI is InChI=1S/C19H22N2O2/c1-3-4-13-17(15-10-6-5-7-11-15)20-21-19(22)16-12-8-9-14-18(16)23-2/h5-12,14H,3-4,13H2,1-2H3,(H,21,22)/b20-17+. The van der Waals surface area contributed by atoms with Crippen LogP contribution in [-0.2, 0) is 0 Å². The summed E-state index contributed by atoms with van der Waals surface area (Å²) >= 11 is 0. The van der Waals surface area contributed by atoms with Gasteiger partial charge in [0.15, 0.2) is 0 Å². The number of carbonyl (C=O) groups excluding carboxylic acids is 1. The Kier molecular flexibility index (Phi) is 6.36. The number of nitrogens with zero attached hydrogens (tertiary/aromatic N) is 1. The molecule has 2 rings (SSSR count). The van der Waals surface area contributed by atoms with Gasteiger partial charge in [0.2, 0.25) is 0 Å². The predicted octanol–water partition coefficient (Wildman–Crippen LogP) is 4.02. The van der Waals surface area contributed by atoms with Crippen molar-refractivity contribution in [3.05, 3.63) is 65.7 Å². The van der Waals surface area contributed by atoms with Crippen LogP contribution in [0.2, 0.25) is 0 Å². The second kappa shape index (κ2) is 8.73. The second-order valence-corrected chi connectivity index (χ2v) is 5.17. The summed E-state index contributed by atoms with van der Waals surface area (Å²) in [4.78, 5) is 12.3. The number of hydrogen-bond acceptors (Lipinski definition) is 3. The molecule has 0 saturated carbocycles. The minimum absolute atomic E-state index is 0.271. The van der Waals surface area contributed by atoms with Crippen LogP contribution in [0.5, 0.6) is 5.75 Å². The van der Waals surface area contributed by atoms with E-state index in [1.165, 1.54) is 0 Å². The van der Waals surface area contributed by atoms with Crippen molar-refractivity contribution in [3.8, 4) is 5.75 Å². The Bertz CT molecular complexity index is 666. The third-order valence-corrected chi connectivity index (χ3v) is 3.52. The van der Waals surface area contributed by atoms with Gasteiger partial charge in [-0.1, -0.05) is 55.8 Å². The maximum atomic E-state index is 12.3. The van der Waals surface area contributed by atoms with E-state index in [9.17, 15) is 4.79 Å². The minimum atomic E-state index is -0.271. The molecule has 1 amide bonds. The van der Waals surface area contributed by atoms with Gasteiger partial charge in [-0.25, -0.2) is 5.43 Å². The fraction of sp³-hybridized carbons (Fsp3) is 0.263. The van der Waals surface area contributed by atoms with Crippen molar-refractivity contribution in [3.63, 3.8) is 0 Å². The Morgan fingerprint density at radius 2 is 1.78 bits per heavy atom. The third kappa shape index (κ3) is 4.68. The van der Waals surface area contributed by atoms with Crippen LogP contribution in [0.25, 0.3) is 0 Å². The van der Waals surface area contributed by atoms with Crippen molar-refractivity contribution in [2.24, 2.45) is 5.10 Å². The van der Waals surface area contributed by atoms with Gasteiger partial charge in [0.1, 0.15) is 5.75 Å². The second-order valence-electron chi connectivity index (χ2n) is 5.17. The van der Waals surface area contributed by atoms with Gasteiger partial charge < -0.3 is 4.74 Å². The first-order valence-corrected chi connectivity index (χ1v) is 7.81. The van der Waals surface area contributed by atoms with Crippen LogP contribution in [0.3, 0.4) is 0 Å². The molecular formula is C19H22N2O2. The highest BCUT2D eigenvalue weighted by molar-refractivity contribution is 6.02. The van der Waals surface area contributed by atoms with E-state index in [-0.39, 0.29) is 5.91 Å². The molecular weight excluding hydrogens is 288 g/mol. The lowest BCUT2D eigenvalue weighted by atomic mass is 10.1. The number of para-hydroxylation sites is 1. The number of carbonyl (C=O) groups is 1. The van der Waals surface area contributed by atoms with Crippen molar-refractivity contribution >= 4 is 11.6 Å². The molecule has 4 heteroatoms. The number of ether oxygens (including phenoxy) is 1. The summed E-state index contributed by atoms with van der Waals surface area (Å²) in [6.45, 7) is 2.13. The zero-order chi connectivity index (χ0) is 16.5. The Hall–Kier alpha value is -2.62. The average molecular weight is 310 g/mol. The highest BCUT2D eigenvalue weighted by Gasteiger charge is 2.11. The quantitative estimate of drug-likeness (QED) is 0.620. The molecule has 120 valence electrons. The molecule has 0 spiro atoms.